The third-order valence-corrected chi connectivity index (χ3v) is 5.62. The molecule has 134 valence electrons. The van der Waals surface area contributed by atoms with Crippen molar-refractivity contribution in [3.63, 3.8) is 0 Å². The summed E-state index contributed by atoms with van der Waals surface area (Å²) in [7, 11) is 1.71. The van der Waals surface area contributed by atoms with Crippen molar-refractivity contribution in [2.45, 2.75) is 57.9 Å². The Morgan fingerprint density at radius 1 is 1.24 bits per heavy atom. The average Bonchev–Trinajstić information content (AvgIpc) is 2.52. The maximum atomic E-state index is 11.9. The molecule has 1 amide bonds. The zero-order valence-corrected chi connectivity index (χ0v) is 15.8. The topological polar surface area (TPSA) is 38.3 Å². The maximum absolute atomic E-state index is 11.9. The SMILES string of the molecule is COc1ccc2cccc(C3(C(CC(C)C)NC(C)=O)CCC3)c2c1. The van der Waals surface area contributed by atoms with Crippen molar-refractivity contribution in [2.24, 2.45) is 5.92 Å². The predicted octanol–water partition coefficient (Wildman–Crippen LogP) is 4.82. The van der Waals surface area contributed by atoms with Gasteiger partial charge in [-0.25, -0.2) is 0 Å². The molecule has 1 N–H and O–H groups in total. The highest BCUT2D eigenvalue weighted by Gasteiger charge is 2.46. The monoisotopic (exact) mass is 339 g/mol. The molecule has 0 spiro atoms. The van der Waals surface area contributed by atoms with Gasteiger partial charge in [-0.05, 0) is 53.6 Å². The van der Waals surface area contributed by atoms with E-state index in [2.05, 4.69) is 49.5 Å². The first kappa shape index (κ1) is 17.8. The smallest absolute Gasteiger partial charge is 0.217 e. The Hall–Kier alpha value is -2.03. The van der Waals surface area contributed by atoms with Crippen LogP contribution in [-0.2, 0) is 10.2 Å². The third-order valence-electron chi connectivity index (χ3n) is 5.62. The van der Waals surface area contributed by atoms with Crippen molar-refractivity contribution in [2.75, 3.05) is 7.11 Å². The molecule has 1 unspecified atom stereocenters. The van der Waals surface area contributed by atoms with Crippen LogP contribution in [0.3, 0.4) is 0 Å². The van der Waals surface area contributed by atoms with Crippen molar-refractivity contribution in [3.05, 3.63) is 42.0 Å². The number of rotatable bonds is 6. The molecule has 1 fully saturated rings. The second kappa shape index (κ2) is 7.07. The van der Waals surface area contributed by atoms with Gasteiger partial charge >= 0.3 is 0 Å². The van der Waals surface area contributed by atoms with Gasteiger partial charge in [0, 0.05) is 18.4 Å². The Balaban J connectivity index is 2.12. The molecule has 1 aliphatic rings. The largest absolute Gasteiger partial charge is 0.497 e. The first-order chi connectivity index (χ1) is 12.0. The number of methoxy groups -OCH3 is 1. The van der Waals surface area contributed by atoms with Gasteiger partial charge in [-0.3, -0.25) is 4.79 Å². The molecule has 3 nitrogen and oxygen atoms in total. The number of hydrogen-bond donors (Lipinski definition) is 1. The molecule has 3 heteroatoms. The Morgan fingerprint density at radius 2 is 2.00 bits per heavy atom. The minimum Gasteiger partial charge on any atom is -0.497 e. The van der Waals surface area contributed by atoms with Crippen LogP contribution in [-0.4, -0.2) is 19.1 Å². The second-order valence-corrected chi connectivity index (χ2v) is 7.78. The standard InChI is InChI=1S/C22H29NO2/c1-15(2)13-21(23-16(3)24)22(11-6-12-22)20-8-5-7-17-9-10-18(25-4)14-19(17)20/h5,7-10,14-15,21H,6,11-13H2,1-4H3,(H,23,24). The van der Waals surface area contributed by atoms with E-state index in [-0.39, 0.29) is 17.4 Å². The number of carbonyl (C=O) groups is 1. The first-order valence-corrected chi connectivity index (χ1v) is 9.30. The second-order valence-electron chi connectivity index (χ2n) is 7.78. The molecular formula is C22H29NO2. The molecular weight excluding hydrogens is 310 g/mol. The molecule has 0 bridgehead atoms. The summed E-state index contributed by atoms with van der Waals surface area (Å²) in [5.74, 6) is 1.49. The fourth-order valence-electron chi connectivity index (χ4n) is 4.32. The van der Waals surface area contributed by atoms with Gasteiger partial charge in [-0.15, -0.1) is 0 Å². The number of benzene rings is 2. The van der Waals surface area contributed by atoms with Crippen LogP contribution in [0, 0.1) is 5.92 Å². The van der Waals surface area contributed by atoms with Gasteiger partial charge in [0.25, 0.3) is 0 Å². The Morgan fingerprint density at radius 3 is 2.56 bits per heavy atom. The van der Waals surface area contributed by atoms with E-state index in [9.17, 15) is 4.79 Å². The fraction of sp³-hybridized carbons (Fsp3) is 0.500. The summed E-state index contributed by atoms with van der Waals surface area (Å²) in [4.78, 5) is 11.9. The van der Waals surface area contributed by atoms with Crippen molar-refractivity contribution < 1.29 is 9.53 Å². The normalized spacial score (nSPS) is 17.2. The molecule has 1 aliphatic carbocycles. The minimum absolute atomic E-state index is 0.0296. The molecule has 0 heterocycles. The van der Waals surface area contributed by atoms with Gasteiger partial charge in [0.1, 0.15) is 5.75 Å². The van der Waals surface area contributed by atoms with Gasteiger partial charge in [0.15, 0.2) is 0 Å². The highest BCUT2D eigenvalue weighted by atomic mass is 16.5. The highest BCUT2D eigenvalue weighted by molar-refractivity contribution is 5.88. The van der Waals surface area contributed by atoms with Gasteiger partial charge in [-0.2, -0.15) is 0 Å². The van der Waals surface area contributed by atoms with E-state index in [1.807, 2.05) is 6.07 Å². The highest BCUT2D eigenvalue weighted by Crippen LogP contribution is 2.50. The van der Waals surface area contributed by atoms with Gasteiger partial charge in [0.05, 0.1) is 7.11 Å². The number of carbonyl (C=O) groups excluding carboxylic acids is 1. The molecule has 0 radical (unpaired) electrons. The van der Waals surface area contributed by atoms with Crippen LogP contribution in [0.5, 0.6) is 5.75 Å². The van der Waals surface area contributed by atoms with E-state index in [0.29, 0.717) is 5.92 Å². The molecule has 25 heavy (non-hydrogen) atoms. The maximum Gasteiger partial charge on any atom is 0.217 e. The number of fused-ring (bicyclic) bond motifs is 1. The Bertz CT molecular complexity index is 762. The van der Waals surface area contributed by atoms with Crippen LogP contribution in [0.2, 0.25) is 0 Å². The minimum atomic E-state index is 0.0296. The summed E-state index contributed by atoms with van der Waals surface area (Å²) in [6.45, 7) is 6.09. The Labute approximate surface area is 150 Å². The van der Waals surface area contributed by atoms with Crippen LogP contribution >= 0.6 is 0 Å². The molecule has 1 atom stereocenters. The lowest BCUT2D eigenvalue weighted by Gasteiger charge is -2.49. The lowest BCUT2D eigenvalue weighted by Crippen LogP contribution is -2.54. The lowest BCUT2D eigenvalue weighted by molar-refractivity contribution is -0.120. The summed E-state index contributed by atoms with van der Waals surface area (Å²) < 4.78 is 5.46. The quantitative estimate of drug-likeness (QED) is 0.819. The first-order valence-electron chi connectivity index (χ1n) is 9.30. The van der Waals surface area contributed by atoms with Crippen LogP contribution in [0.4, 0.5) is 0 Å². The van der Waals surface area contributed by atoms with E-state index in [1.165, 1.54) is 22.8 Å². The summed E-state index contributed by atoms with van der Waals surface area (Å²) in [5, 5.41) is 5.76. The number of nitrogens with one attached hydrogen (secondary N) is 1. The van der Waals surface area contributed by atoms with E-state index >= 15 is 0 Å². The van der Waals surface area contributed by atoms with Crippen molar-refractivity contribution >= 4 is 16.7 Å². The summed E-state index contributed by atoms with van der Waals surface area (Å²) in [5.41, 5.74) is 1.39. The van der Waals surface area contributed by atoms with E-state index < -0.39 is 0 Å². The van der Waals surface area contributed by atoms with Crippen LogP contribution in [0.15, 0.2) is 36.4 Å². The molecule has 1 saturated carbocycles. The van der Waals surface area contributed by atoms with Crippen LogP contribution in [0.25, 0.3) is 10.8 Å². The summed E-state index contributed by atoms with van der Waals surface area (Å²) >= 11 is 0. The van der Waals surface area contributed by atoms with Gasteiger partial charge < -0.3 is 10.1 Å². The number of ether oxygens (including phenoxy) is 1. The molecule has 3 rings (SSSR count). The average molecular weight is 339 g/mol. The van der Waals surface area contributed by atoms with Crippen molar-refractivity contribution in [1.82, 2.24) is 5.32 Å². The number of hydrogen-bond acceptors (Lipinski definition) is 2. The molecule has 2 aromatic carbocycles. The molecule has 2 aromatic rings. The zero-order valence-electron chi connectivity index (χ0n) is 15.8. The van der Waals surface area contributed by atoms with Gasteiger partial charge in [-0.1, -0.05) is 44.5 Å². The van der Waals surface area contributed by atoms with E-state index in [0.717, 1.165) is 25.0 Å². The molecule has 0 saturated heterocycles. The zero-order chi connectivity index (χ0) is 18.0. The Kier molecular flexibility index (Phi) is 5.03. The van der Waals surface area contributed by atoms with Crippen molar-refractivity contribution in [1.29, 1.82) is 0 Å². The lowest BCUT2D eigenvalue weighted by atomic mass is 9.58. The third kappa shape index (κ3) is 3.37. The molecule has 0 aliphatic heterocycles. The molecule has 0 aromatic heterocycles. The summed E-state index contributed by atoms with van der Waals surface area (Å²) in [6.07, 6.45) is 4.47. The fourth-order valence-corrected chi connectivity index (χ4v) is 4.32. The van der Waals surface area contributed by atoms with Crippen LogP contribution < -0.4 is 10.1 Å². The summed E-state index contributed by atoms with van der Waals surface area (Å²) in [6, 6.07) is 13.0. The van der Waals surface area contributed by atoms with Crippen LogP contribution in [0.1, 0.15) is 52.0 Å². The predicted molar refractivity (Wildman–Crippen MR) is 103 cm³/mol. The van der Waals surface area contributed by atoms with E-state index in [4.69, 9.17) is 4.74 Å². The van der Waals surface area contributed by atoms with E-state index in [1.54, 1.807) is 14.0 Å². The van der Waals surface area contributed by atoms with Crippen molar-refractivity contribution in [3.8, 4) is 5.75 Å². The van der Waals surface area contributed by atoms with Gasteiger partial charge in [0.2, 0.25) is 5.91 Å². The number of amides is 1.